The predicted molar refractivity (Wildman–Crippen MR) is 72.6 cm³/mol. The normalized spacial score (nSPS) is 26.7. The summed E-state index contributed by atoms with van der Waals surface area (Å²) in [6.07, 6.45) is 6.74. The highest BCUT2D eigenvalue weighted by atomic mass is 16.5. The third-order valence-corrected chi connectivity index (χ3v) is 4.26. The number of aryl methyl sites for hydroxylation is 1. The second-order valence-corrected chi connectivity index (χ2v) is 5.36. The summed E-state index contributed by atoms with van der Waals surface area (Å²) in [4.78, 5) is 4.43. The molecule has 1 aromatic heterocycles. The summed E-state index contributed by atoms with van der Waals surface area (Å²) >= 11 is 0. The number of hydrogen-bond donors (Lipinski definition) is 1. The van der Waals surface area contributed by atoms with E-state index in [1.807, 2.05) is 13.1 Å². The zero-order valence-electron chi connectivity index (χ0n) is 11.1. The van der Waals surface area contributed by atoms with E-state index in [4.69, 9.17) is 4.74 Å². The number of fused-ring (bicyclic) bond motifs is 1. The van der Waals surface area contributed by atoms with Gasteiger partial charge in [0, 0.05) is 6.20 Å². The van der Waals surface area contributed by atoms with Crippen LogP contribution in [0.3, 0.4) is 0 Å². The standard InChI is InChI=1S/C15H20N2O/c1-10-15(18-2)6-14(9-17-10)11-3-4-12-7-16-8-13(12)5-11/h3,6,9,12-13,16H,4-5,7-8H2,1-2H3. The topological polar surface area (TPSA) is 34.1 Å². The highest BCUT2D eigenvalue weighted by Gasteiger charge is 2.30. The van der Waals surface area contributed by atoms with Crippen molar-refractivity contribution in [3.8, 4) is 5.75 Å². The van der Waals surface area contributed by atoms with Crippen LogP contribution in [0.25, 0.3) is 5.57 Å². The van der Waals surface area contributed by atoms with Gasteiger partial charge in [0.25, 0.3) is 0 Å². The quantitative estimate of drug-likeness (QED) is 0.867. The Morgan fingerprint density at radius 3 is 3.00 bits per heavy atom. The summed E-state index contributed by atoms with van der Waals surface area (Å²) in [5.74, 6) is 2.53. The fraction of sp³-hybridized carbons (Fsp3) is 0.533. The molecule has 0 saturated carbocycles. The first kappa shape index (κ1) is 11.7. The minimum Gasteiger partial charge on any atom is -0.495 e. The van der Waals surface area contributed by atoms with Crippen LogP contribution in [0.1, 0.15) is 24.1 Å². The van der Waals surface area contributed by atoms with Crippen LogP contribution < -0.4 is 10.1 Å². The molecule has 1 aliphatic heterocycles. The molecule has 0 bridgehead atoms. The van der Waals surface area contributed by atoms with Crippen molar-refractivity contribution in [2.24, 2.45) is 11.8 Å². The number of allylic oxidation sites excluding steroid dienone is 2. The van der Waals surface area contributed by atoms with Crippen LogP contribution >= 0.6 is 0 Å². The third-order valence-electron chi connectivity index (χ3n) is 4.26. The summed E-state index contributed by atoms with van der Waals surface area (Å²) in [7, 11) is 1.71. The Hall–Kier alpha value is -1.35. The Balaban J connectivity index is 1.86. The smallest absolute Gasteiger partial charge is 0.140 e. The first-order valence-electron chi connectivity index (χ1n) is 6.68. The van der Waals surface area contributed by atoms with Crippen LogP contribution in [0.5, 0.6) is 5.75 Å². The van der Waals surface area contributed by atoms with Gasteiger partial charge < -0.3 is 10.1 Å². The van der Waals surface area contributed by atoms with Crippen LogP contribution in [0.15, 0.2) is 18.3 Å². The first-order chi connectivity index (χ1) is 8.78. The molecule has 1 saturated heterocycles. The van der Waals surface area contributed by atoms with Crippen LogP contribution in [0.2, 0.25) is 0 Å². The molecule has 2 unspecified atom stereocenters. The van der Waals surface area contributed by atoms with Crippen molar-refractivity contribution in [1.29, 1.82) is 0 Å². The average molecular weight is 244 g/mol. The Labute approximate surface area is 108 Å². The monoisotopic (exact) mass is 244 g/mol. The fourth-order valence-electron chi connectivity index (χ4n) is 3.09. The number of hydrogen-bond acceptors (Lipinski definition) is 3. The zero-order valence-corrected chi connectivity index (χ0v) is 11.1. The van der Waals surface area contributed by atoms with Crippen LogP contribution in [0, 0.1) is 18.8 Å². The molecule has 0 amide bonds. The molecule has 3 heteroatoms. The summed E-state index contributed by atoms with van der Waals surface area (Å²) < 4.78 is 5.36. The second-order valence-electron chi connectivity index (χ2n) is 5.36. The van der Waals surface area contributed by atoms with E-state index < -0.39 is 0 Å². The molecule has 1 fully saturated rings. The molecule has 1 N–H and O–H groups in total. The summed E-state index contributed by atoms with van der Waals surface area (Å²) in [6.45, 7) is 4.33. The van der Waals surface area contributed by atoms with Crippen molar-refractivity contribution in [1.82, 2.24) is 10.3 Å². The van der Waals surface area contributed by atoms with E-state index >= 15 is 0 Å². The number of nitrogens with zero attached hydrogens (tertiary/aromatic N) is 1. The molecule has 0 spiro atoms. The van der Waals surface area contributed by atoms with E-state index in [0.717, 1.165) is 23.3 Å². The zero-order chi connectivity index (χ0) is 12.5. The van der Waals surface area contributed by atoms with Gasteiger partial charge in [-0.3, -0.25) is 4.98 Å². The summed E-state index contributed by atoms with van der Waals surface area (Å²) in [5.41, 5.74) is 3.62. The van der Waals surface area contributed by atoms with Crippen molar-refractivity contribution in [3.63, 3.8) is 0 Å². The highest BCUT2D eigenvalue weighted by Crippen LogP contribution is 2.37. The maximum absolute atomic E-state index is 5.36. The van der Waals surface area contributed by atoms with Gasteiger partial charge in [-0.05, 0) is 61.9 Å². The number of ether oxygens (including phenoxy) is 1. The minimum absolute atomic E-state index is 0.803. The van der Waals surface area contributed by atoms with E-state index in [-0.39, 0.29) is 0 Å². The lowest BCUT2D eigenvalue weighted by molar-refractivity contribution is 0.407. The van der Waals surface area contributed by atoms with E-state index in [0.29, 0.717) is 0 Å². The molecule has 0 radical (unpaired) electrons. The molecular weight excluding hydrogens is 224 g/mol. The van der Waals surface area contributed by atoms with Crippen molar-refractivity contribution in [2.45, 2.75) is 19.8 Å². The van der Waals surface area contributed by atoms with E-state index in [9.17, 15) is 0 Å². The van der Waals surface area contributed by atoms with Crippen molar-refractivity contribution in [3.05, 3.63) is 29.6 Å². The van der Waals surface area contributed by atoms with Crippen LogP contribution in [-0.2, 0) is 0 Å². The van der Waals surface area contributed by atoms with E-state index in [2.05, 4.69) is 22.4 Å². The van der Waals surface area contributed by atoms with Gasteiger partial charge in [-0.1, -0.05) is 6.08 Å². The Morgan fingerprint density at radius 2 is 2.17 bits per heavy atom. The molecule has 96 valence electrons. The number of aromatic nitrogens is 1. The number of nitrogens with one attached hydrogen (secondary N) is 1. The molecule has 2 heterocycles. The van der Waals surface area contributed by atoms with Gasteiger partial charge in [0.05, 0.1) is 12.8 Å². The second kappa shape index (κ2) is 4.73. The van der Waals surface area contributed by atoms with Gasteiger partial charge in [-0.15, -0.1) is 0 Å². The van der Waals surface area contributed by atoms with Crippen LogP contribution in [0.4, 0.5) is 0 Å². The number of methoxy groups -OCH3 is 1. The third kappa shape index (κ3) is 2.03. The fourth-order valence-corrected chi connectivity index (χ4v) is 3.09. The van der Waals surface area contributed by atoms with Gasteiger partial charge in [0.2, 0.25) is 0 Å². The largest absolute Gasteiger partial charge is 0.495 e. The van der Waals surface area contributed by atoms with Gasteiger partial charge in [0.1, 0.15) is 5.75 Å². The molecule has 1 aromatic rings. The van der Waals surface area contributed by atoms with Gasteiger partial charge in [-0.25, -0.2) is 0 Å². The maximum Gasteiger partial charge on any atom is 0.140 e. The van der Waals surface area contributed by atoms with E-state index in [1.165, 1.54) is 37.1 Å². The molecule has 18 heavy (non-hydrogen) atoms. The summed E-state index contributed by atoms with van der Waals surface area (Å²) in [5, 5.41) is 3.49. The lowest BCUT2D eigenvalue weighted by atomic mass is 9.80. The lowest BCUT2D eigenvalue weighted by Crippen LogP contribution is -2.16. The SMILES string of the molecule is COc1cc(C2=CCC3CNCC3C2)cnc1C. The maximum atomic E-state index is 5.36. The van der Waals surface area contributed by atoms with Crippen molar-refractivity contribution >= 4 is 5.57 Å². The van der Waals surface area contributed by atoms with Gasteiger partial charge in [-0.2, -0.15) is 0 Å². The Kier molecular flexibility index (Phi) is 3.08. The molecule has 2 atom stereocenters. The van der Waals surface area contributed by atoms with Crippen molar-refractivity contribution in [2.75, 3.05) is 20.2 Å². The molecule has 3 nitrogen and oxygen atoms in total. The Morgan fingerprint density at radius 1 is 1.33 bits per heavy atom. The molecule has 3 rings (SSSR count). The van der Waals surface area contributed by atoms with Crippen molar-refractivity contribution < 1.29 is 4.74 Å². The molecular formula is C15H20N2O. The number of rotatable bonds is 2. The minimum atomic E-state index is 0.803. The first-order valence-corrected chi connectivity index (χ1v) is 6.68. The summed E-state index contributed by atoms with van der Waals surface area (Å²) in [6, 6.07) is 2.12. The Bertz CT molecular complexity index is 481. The number of pyridine rings is 1. The van der Waals surface area contributed by atoms with Gasteiger partial charge in [0.15, 0.2) is 0 Å². The molecule has 0 aromatic carbocycles. The predicted octanol–water partition coefficient (Wildman–Crippen LogP) is 2.41. The van der Waals surface area contributed by atoms with Crippen LogP contribution in [-0.4, -0.2) is 25.2 Å². The van der Waals surface area contributed by atoms with Gasteiger partial charge >= 0.3 is 0 Å². The molecule has 1 aliphatic carbocycles. The lowest BCUT2D eigenvalue weighted by Gasteiger charge is -2.24. The highest BCUT2D eigenvalue weighted by molar-refractivity contribution is 5.67. The molecule has 2 aliphatic rings. The van der Waals surface area contributed by atoms with E-state index in [1.54, 1.807) is 7.11 Å². The average Bonchev–Trinajstić information content (AvgIpc) is 2.86.